The number of halogens is 4. The van der Waals surface area contributed by atoms with Crippen LogP contribution in [0.1, 0.15) is 40.0 Å². The van der Waals surface area contributed by atoms with Crippen molar-refractivity contribution in [2.75, 3.05) is 23.4 Å². The van der Waals surface area contributed by atoms with Gasteiger partial charge in [0, 0.05) is 6.54 Å². The molecule has 0 amide bonds. The number of anilines is 2. The Bertz CT molecular complexity index is 1190. The Labute approximate surface area is 198 Å². The van der Waals surface area contributed by atoms with Crippen LogP contribution < -0.4 is 15.0 Å². The van der Waals surface area contributed by atoms with Crippen molar-refractivity contribution in [2.45, 2.75) is 25.7 Å². The van der Waals surface area contributed by atoms with Crippen molar-refractivity contribution in [1.82, 2.24) is 4.98 Å². The van der Waals surface area contributed by atoms with Crippen LogP contribution >= 0.6 is 11.6 Å². The smallest absolute Gasteiger partial charge is 0.416 e. The number of aromatic carboxylic acids is 1. The number of nitrogens with zero attached hydrogens (tertiary/aromatic N) is 2. The van der Waals surface area contributed by atoms with Crippen LogP contribution in [-0.2, 0) is 12.7 Å². The van der Waals surface area contributed by atoms with Gasteiger partial charge in [-0.3, -0.25) is 0 Å². The second kappa shape index (κ2) is 9.42. The maximum atomic E-state index is 12.9. The van der Waals surface area contributed by atoms with Crippen LogP contribution in [0.2, 0.25) is 5.02 Å². The lowest BCUT2D eigenvalue weighted by Gasteiger charge is -2.33. The molecule has 0 aliphatic carbocycles. The summed E-state index contributed by atoms with van der Waals surface area (Å²) in [5.41, 5.74) is 1.65. The van der Waals surface area contributed by atoms with Gasteiger partial charge in [0.15, 0.2) is 11.6 Å². The van der Waals surface area contributed by atoms with Gasteiger partial charge in [0.1, 0.15) is 17.3 Å². The lowest BCUT2D eigenvalue weighted by molar-refractivity contribution is -0.137. The van der Waals surface area contributed by atoms with Crippen LogP contribution in [0.4, 0.5) is 24.7 Å². The molecule has 0 saturated carbocycles. The quantitative estimate of drug-likeness (QED) is 0.439. The molecule has 178 valence electrons. The van der Waals surface area contributed by atoms with Crippen molar-refractivity contribution in [3.63, 3.8) is 0 Å². The van der Waals surface area contributed by atoms with E-state index in [2.05, 4.69) is 10.3 Å². The molecule has 0 spiro atoms. The first kappa shape index (κ1) is 23.7. The van der Waals surface area contributed by atoms with E-state index < -0.39 is 17.7 Å². The van der Waals surface area contributed by atoms with Gasteiger partial charge in [0.05, 0.1) is 29.9 Å². The molecule has 1 aliphatic heterocycles. The summed E-state index contributed by atoms with van der Waals surface area (Å²) in [4.78, 5) is 17.5. The normalized spacial score (nSPS) is 14.2. The predicted octanol–water partition coefficient (Wildman–Crippen LogP) is 6.02. The number of rotatable bonds is 6. The van der Waals surface area contributed by atoms with Gasteiger partial charge in [-0.2, -0.15) is 13.2 Å². The Morgan fingerprint density at radius 1 is 1.21 bits per heavy atom. The highest BCUT2D eigenvalue weighted by atomic mass is 35.5. The summed E-state index contributed by atoms with van der Waals surface area (Å²) >= 11 is 6.33. The van der Waals surface area contributed by atoms with Crippen LogP contribution in [0, 0.1) is 0 Å². The highest BCUT2D eigenvalue weighted by Gasteiger charge is 2.30. The van der Waals surface area contributed by atoms with E-state index in [1.807, 2.05) is 11.8 Å². The van der Waals surface area contributed by atoms with E-state index in [-0.39, 0.29) is 11.6 Å². The SMILES string of the molecule is CC(Nc1ncc(Cl)c2c1N(Cc1ccc(C(F)(F)F)cc1)CCO2)c1ccc(C(=O)O)cc1. The van der Waals surface area contributed by atoms with E-state index in [0.717, 1.165) is 17.7 Å². The van der Waals surface area contributed by atoms with Gasteiger partial charge >= 0.3 is 12.1 Å². The fourth-order valence-electron chi connectivity index (χ4n) is 3.75. The van der Waals surface area contributed by atoms with Gasteiger partial charge in [0.25, 0.3) is 0 Å². The summed E-state index contributed by atoms with van der Waals surface area (Å²) in [5.74, 6) is -0.0526. The van der Waals surface area contributed by atoms with Crippen molar-refractivity contribution in [2.24, 2.45) is 0 Å². The minimum atomic E-state index is -4.39. The Morgan fingerprint density at radius 3 is 2.50 bits per heavy atom. The summed E-state index contributed by atoms with van der Waals surface area (Å²) in [7, 11) is 0. The number of benzene rings is 2. The average Bonchev–Trinajstić information content (AvgIpc) is 2.81. The van der Waals surface area contributed by atoms with Crippen LogP contribution in [0.25, 0.3) is 0 Å². The molecule has 6 nitrogen and oxygen atoms in total. The number of hydrogen-bond acceptors (Lipinski definition) is 5. The molecule has 0 saturated heterocycles. The van der Waals surface area contributed by atoms with E-state index in [9.17, 15) is 18.0 Å². The van der Waals surface area contributed by atoms with Crippen LogP contribution in [0.3, 0.4) is 0 Å². The number of carbonyl (C=O) groups is 1. The van der Waals surface area contributed by atoms with E-state index >= 15 is 0 Å². The number of carboxylic acids is 1. The second-order valence-electron chi connectivity index (χ2n) is 7.89. The minimum Gasteiger partial charge on any atom is -0.488 e. The Kier molecular flexibility index (Phi) is 6.56. The molecular formula is C24H21ClF3N3O3. The largest absolute Gasteiger partial charge is 0.488 e. The number of ether oxygens (including phenoxy) is 1. The molecule has 1 aromatic heterocycles. The maximum Gasteiger partial charge on any atom is 0.416 e. The Balaban J connectivity index is 1.60. The molecule has 0 bridgehead atoms. The molecule has 1 aliphatic rings. The first-order valence-electron chi connectivity index (χ1n) is 10.5. The van der Waals surface area contributed by atoms with Gasteiger partial charge in [-0.1, -0.05) is 35.9 Å². The molecule has 1 unspecified atom stereocenters. The summed E-state index contributed by atoms with van der Waals surface area (Å²) in [6.07, 6.45) is -2.91. The number of carboxylic acid groups (broad SMARTS) is 1. The van der Waals surface area contributed by atoms with Crippen molar-refractivity contribution in [3.05, 3.63) is 82.0 Å². The van der Waals surface area contributed by atoms with E-state index in [0.29, 0.717) is 47.5 Å². The average molecular weight is 492 g/mol. The zero-order valence-electron chi connectivity index (χ0n) is 18.1. The van der Waals surface area contributed by atoms with Crippen molar-refractivity contribution in [3.8, 4) is 5.75 Å². The molecule has 0 fully saturated rings. The van der Waals surface area contributed by atoms with Crippen LogP contribution in [-0.4, -0.2) is 29.2 Å². The first-order valence-corrected chi connectivity index (χ1v) is 10.8. The van der Waals surface area contributed by atoms with E-state index in [4.69, 9.17) is 21.4 Å². The number of aromatic nitrogens is 1. The third-order valence-corrected chi connectivity index (χ3v) is 5.82. The van der Waals surface area contributed by atoms with Crippen molar-refractivity contribution >= 4 is 29.1 Å². The molecule has 2 heterocycles. The lowest BCUT2D eigenvalue weighted by Crippen LogP contribution is -2.33. The highest BCUT2D eigenvalue weighted by molar-refractivity contribution is 6.32. The van der Waals surface area contributed by atoms with E-state index in [1.165, 1.54) is 30.5 Å². The summed E-state index contributed by atoms with van der Waals surface area (Å²) in [5, 5.41) is 12.7. The molecule has 3 aromatic rings. The molecule has 2 aromatic carbocycles. The van der Waals surface area contributed by atoms with Crippen molar-refractivity contribution < 1.29 is 27.8 Å². The second-order valence-corrected chi connectivity index (χ2v) is 8.30. The summed E-state index contributed by atoms with van der Waals surface area (Å²) in [6.45, 7) is 3.10. The molecule has 0 radical (unpaired) electrons. The van der Waals surface area contributed by atoms with E-state index in [1.54, 1.807) is 12.1 Å². The lowest BCUT2D eigenvalue weighted by atomic mass is 10.1. The van der Waals surface area contributed by atoms with Crippen molar-refractivity contribution in [1.29, 1.82) is 0 Å². The van der Waals surface area contributed by atoms with Gasteiger partial charge < -0.3 is 20.1 Å². The molecule has 34 heavy (non-hydrogen) atoms. The molecule has 2 N–H and O–H groups in total. The molecular weight excluding hydrogens is 471 g/mol. The fraction of sp³-hybridized carbons (Fsp3) is 0.250. The standard InChI is InChI=1S/C24H21ClF3N3O3/c1-14(16-4-6-17(7-5-16)23(32)33)30-22-20-21(19(25)12-29-22)34-11-10-31(20)13-15-2-8-18(9-3-15)24(26,27)28/h2-9,12,14H,10-11,13H2,1H3,(H,29,30)(H,32,33). The van der Waals surface area contributed by atoms with Crippen LogP contribution in [0.5, 0.6) is 5.75 Å². The molecule has 4 rings (SSSR count). The number of pyridine rings is 1. The topological polar surface area (TPSA) is 74.7 Å². The molecule has 10 heteroatoms. The van der Waals surface area contributed by atoms with Gasteiger partial charge in [-0.05, 0) is 42.3 Å². The fourth-order valence-corrected chi connectivity index (χ4v) is 3.94. The number of nitrogens with one attached hydrogen (secondary N) is 1. The number of fused-ring (bicyclic) bond motifs is 1. The summed E-state index contributed by atoms with van der Waals surface area (Å²) in [6, 6.07) is 11.3. The number of alkyl halides is 3. The van der Waals surface area contributed by atoms with Gasteiger partial charge in [-0.15, -0.1) is 0 Å². The minimum absolute atomic E-state index is 0.189. The first-order chi connectivity index (χ1) is 16.1. The maximum absolute atomic E-state index is 12.9. The Morgan fingerprint density at radius 2 is 1.88 bits per heavy atom. The van der Waals surface area contributed by atoms with Gasteiger partial charge in [0.2, 0.25) is 0 Å². The zero-order valence-corrected chi connectivity index (χ0v) is 18.8. The summed E-state index contributed by atoms with van der Waals surface area (Å²) < 4.78 is 44.5. The monoisotopic (exact) mass is 491 g/mol. The number of hydrogen-bond donors (Lipinski definition) is 2. The highest BCUT2D eigenvalue weighted by Crippen LogP contribution is 2.43. The third kappa shape index (κ3) is 5.04. The van der Waals surface area contributed by atoms with Crippen LogP contribution in [0.15, 0.2) is 54.7 Å². The predicted molar refractivity (Wildman–Crippen MR) is 123 cm³/mol. The zero-order chi connectivity index (χ0) is 24.5. The molecule has 1 atom stereocenters. The third-order valence-electron chi connectivity index (χ3n) is 5.55. The van der Waals surface area contributed by atoms with Gasteiger partial charge in [-0.25, -0.2) is 9.78 Å². The Hall–Kier alpha value is -3.46.